The van der Waals surface area contributed by atoms with Gasteiger partial charge in [0.05, 0.1) is 24.7 Å². The van der Waals surface area contributed by atoms with E-state index >= 15 is 0 Å². The van der Waals surface area contributed by atoms with Crippen molar-refractivity contribution in [3.63, 3.8) is 0 Å². The number of halogens is 1. The van der Waals surface area contributed by atoms with Gasteiger partial charge in [0.15, 0.2) is 0 Å². The van der Waals surface area contributed by atoms with Crippen molar-refractivity contribution in [2.24, 2.45) is 0 Å². The first kappa shape index (κ1) is 20.8. The lowest BCUT2D eigenvalue weighted by Crippen LogP contribution is -2.20. The molecule has 4 aromatic rings. The molecular formula is C24H19FN4O3. The quantitative estimate of drug-likeness (QED) is 0.471. The molecule has 0 spiro atoms. The summed E-state index contributed by atoms with van der Waals surface area (Å²) in [5, 5.41) is 9.77. The zero-order chi connectivity index (χ0) is 22.5. The molecule has 0 radical (unpaired) electrons. The fraction of sp³-hybridized carbons (Fsp3) is 0.0417. The number of carbonyl (C=O) groups excluding carboxylic acids is 2. The van der Waals surface area contributed by atoms with Gasteiger partial charge in [0.1, 0.15) is 22.9 Å². The minimum absolute atomic E-state index is 0.113. The molecule has 0 unspecified atom stereocenters. The minimum Gasteiger partial charge on any atom is -0.495 e. The highest BCUT2D eigenvalue weighted by molar-refractivity contribution is 6.12. The maximum Gasteiger partial charge on any atom is 0.261 e. The zero-order valence-electron chi connectivity index (χ0n) is 17.1. The Bertz CT molecular complexity index is 1270. The van der Waals surface area contributed by atoms with E-state index in [0.717, 1.165) is 6.07 Å². The number of nitrogens with zero attached hydrogens (tertiary/aromatic N) is 2. The molecule has 0 atom stereocenters. The van der Waals surface area contributed by atoms with Crippen molar-refractivity contribution in [1.82, 2.24) is 9.78 Å². The van der Waals surface area contributed by atoms with E-state index in [-0.39, 0.29) is 16.9 Å². The number of benzene rings is 3. The van der Waals surface area contributed by atoms with Crippen LogP contribution in [0, 0.1) is 5.82 Å². The standard InChI is InChI=1S/C24H19FN4O3/c1-32-21-13-6-5-12-20(21)27-24(31)19-15-26-29(18-10-3-2-4-11-18)22(19)28-23(30)16-8-7-9-17(25)14-16/h2-15H,1H3,(H,27,31)(H,28,30). The van der Waals surface area contributed by atoms with Crippen molar-refractivity contribution in [2.45, 2.75) is 0 Å². The zero-order valence-corrected chi connectivity index (χ0v) is 17.1. The molecule has 2 N–H and O–H groups in total. The van der Waals surface area contributed by atoms with Crippen LogP contribution in [0.5, 0.6) is 5.75 Å². The summed E-state index contributed by atoms with van der Waals surface area (Å²) in [5.41, 5.74) is 1.35. The van der Waals surface area contributed by atoms with Crippen molar-refractivity contribution < 1.29 is 18.7 Å². The molecule has 8 heteroatoms. The third kappa shape index (κ3) is 4.34. The van der Waals surface area contributed by atoms with Crippen LogP contribution in [-0.4, -0.2) is 28.7 Å². The summed E-state index contributed by atoms with van der Waals surface area (Å²) in [5.74, 6) is -0.970. The Morgan fingerprint density at radius 1 is 0.906 bits per heavy atom. The van der Waals surface area contributed by atoms with Gasteiger partial charge in [-0.3, -0.25) is 9.59 Å². The number of anilines is 2. The van der Waals surface area contributed by atoms with E-state index in [2.05, 4.69) is 15.7 Å². The van der Waals surface area contributed by atoms with Crippen LogP contribution in [0.25, 0.3) is 5.69 Å². The van der Waals surface area contributed by atoms with E-state index < -0.39 is 17.6 Å². The van der Waals surface area contributed by atoms with Gasteiger partial charge in [0.2, 0.25) is 0 Å². The average molecular weight is 430 g/mol. The molecule has 4 rings (SSSR count). The number of aromatic nitrogens is 2. The maximum atomic E-state index is 13.6. The highest BCUT2D eigenvalue weighted by atomic mass is 19.1. The van der Waals surface area contributed by atoms with Crippen LogP contribution in [-0.2, 0) is 0 Å². The van der Waals surface area contributed by atoms with E-state index in [9.17, 15) is 14.0 Å². The lowest BCUT2D eigenvalue weighted by Gasteiger charge is -2.13. The summed E-state index contributed by atoms with van der Waals surface area (Å²) >= 11 is 0. The largest absolute Gasteiger partial charge is 0.495 e. The molecular weight excluding hydrogens is 411 g/mol. The van der Waals surface area contributed by atoms with Crippen LogP contribution in [0.4, 0.5) is 15.9 Å². The molecule has 0 bridgehead atoms. The molecule has 0 saturated carbocycles. The molecule has 2 amide bonds. The molecule has 7 nitrogen and oxygen atoms in total. The van der Waals surface area contributed by atoms with Crippen LogP contribution >= 0.6 is 0 Å². The highest BCUT2D eigenvalue weighted by Gasteiger charge is 2.22. The summed E-state index contributed by atoms with van der Waals surface area (Å²) in [4.78, 5) is 25.9. The summed E-state index contributed by atoms with van der Waals surface area (Å²) < 4.78 is 20.3. The van der Waals surface area contributed by atoms with Crippen LogP contribution in [0.2, 0.25) is 0 Å². The van der Waals surface area contributed by atoms with E-state index in [1.807, 2.05) is 18.2 Å². The topological polar surface area (TPSA) is 85.2 Å². The second-order valence-corrected chi connectivity index (χ2v) is 6.77. The highest BCUT2D eigenvalue weighted by Crippen LogP contribution is 2.26. The van der Waals surface area contributed by atoms with Gasteiger partial charge in [-0.1, -0.05) is 36.4 Å². The van der Waals surface area contributed by atoms with Crippen molar-refractivity contribution >= 4 is 23.3 Å². The molecule has 0 saturated heterocycles. The molecule has 1 aromatic heterocycles. The molecule has 0 aliphatic carbocycles. The van der Waals surface area contributed by atoms with Crippen LogP contribution < -0.4 is 15.4 Å². The Kier molecular flexibility index (Phi) is 5.94. The number of methoxy groups -OCH3 is 1. The predicted molar refractivity (Wildman–Crippen MR) is 119 cm³/mol. The Morgan fingerprint density at radius 2 is 1.66 bits per heavy atom. The number of para-hydroxylation sites is 3. The lowest BCUT2D eigenvalue weighted by atomic mass is 10.2. The first-order valence-electron chi connectivity index (χ1n) is 9.71. The Hall–Kier alpha value is -4.46. The van der Waals surface area contributed by atoms with Crippen LogP contribution in [0.3, 0.4) is 0 Å². The average Bonchev–Trinajstić information content (AvgIpc) is 3.23. The van der Waals surface area contributed by atoms with Gasteiger partial charge in [-0.15, -0.1) is 0 Å². The normalized spacial score (nSPS) is 10.4. The first-order chi connectivity index (χ1) is 15.6. The Balaban J connectivity index is 1.71. The molecule has 160 valence electrons. The van der Waals surface area contributed by atoms with Gasteiger partial charge in [0.25, 0.3) is 11.8 Å². The minimum atomic E-state index is -0.575. The predicted octanol–water partition coefficient (Wildman–Crippen LogP) is 4.52. The third-order valence-corrected chi connectivity index (χ3v) is 4.69. The van der Waals surface area contributed by atoms with E-state index in [0.29, 0.717) is 17.1 Å². The first-order valence-corrected chi connectivity index (χ1v) is 9.71. The summed E-state index contributed by atoms with van der Waals surface area (Å²) in [6.45, 7) is 0. The SMILES string of the molecule is COc1ccccc1NC(=O)c1cnn(-c2ccccc2)c1NC(=O)c1cccc(F)c1. The fourth-order valence-corrected chi connectivity index (χ4v) is 3.15. The molecule has 0 aliphatic rings. The summed E-state index contributed by atoms with van der Waals surface area (Å²) in [7, 11) is 1.50. The Morgan fingerprint density at radius 3 is 2.41 bits per heavy atom. The number of nitrogens with one attached hydrogen (secondary N) is 2. The van der Waals surface area contributed by atoms with Crippen molar-refractivity contribution in [1.29, 1.82) is 0 Å². The number of rotatable bonds is 6. The summed E-state index contributed by atoms with van der Waals surface area (Å²) in [6.07, 6.45) is 1.36. The molecule has 0 aliphatic heterocycles. The van der Waals surface area contributed by atoms with Gasteiger partial charge in [-0.2, -0.15) is 5.10 Å². The van der Waals surface area contributed by atoms with Crippen molar-refractivity contribution in [2.75, 3.05) is 17.7 Å². The fourth-order valence-electron chi connectivity index (χ4n) is 3.15. The number of hydrogen-bond donors (Lipinski definition) is 2. The smallest absolute Gasteiger partial charge is 0.261 e. The Labute approximate surface area is 183 Å². The number of hydrogen-bond acceptors (Lipinski definition) is 4. The number of amides is 2. The van der Waals surface area contributed by atoms with Gasteiger partial charge in [-0.25, -0.2) is 9.07 Å². The van der Waals surface area contributed by atoms with E-state index in [1.165, 1.54) is 36.2 Å². The molecule has 3 aromatic carbocycles. The van der Waals surface area contributed by atoms with Crippen molar-refractivity contribution in [3.8, 4) is 11.4 Å². The second-order valence-electron chi connectivity index (χ2n) is 6.77. The van der Waals surface area contributed by atoms with E-state index in [4.69, 9.17) is 4.74 Å². The van der Waals surface area contributed by atoms with Gasteiger partial charge < -0.3 is 15.4 Å². The second kappa shape index (κ2) is 9.13. The van der Waals surface area contributed by atoms with Gasteiger partial charge in [-0.05, 0) is 42.5 Å². The number of ether oxygens (including phenoxy) is 1. The van der Waals surface area contributed by atoms with Crippen LogP contribution in [0.1, 0.15) is 20.7 Å². The molecule has 32 heavy (non-hydrogen) atoms. The van der Waals surface area contributed by atoms with E-state index in [1.54, 1.807) is 36.4 Å². The van der Waals surface area contributed by atoms with Crippen molar-refractivity contribution in [3.05, 3.63) is 102 Å². The summed E-state index contributed by atoms with van der Waals surface area (Å²) in [6, 6.07) is 21.3. The van der Waals surface area contributed by atoms with Gasteiger partial charge in [0, 0.05) is 5.56 Å². The van der Waals surface area contributed by atoms with Crippen LogP contribution in [0.15, 0.2) is 85.1 Å². The van der Waals surface area contributed by atoms with Gasteiger partial charge >= 0.3 is 0 Å². The third-order valence-electron chi connectivity index (χ3n) is 4.69. The number of carbonyl (C=O) groups is 2. The maximum absolute atomic E-state index is 13.6. The monoisotopic (exact) mass is 430 g/mol. The lowest BCUT2D eigenvalue weighted by molar-refractivity contribution is 0.102. The molecule has 0 fully saturated rings. The molecule has 1 heterocycles.